The molecule has 0 bridgehead atoms. The minimum Gasteiger partial charge on any atom is -1.00 e. The van der Waals surface area contributed by atoms with Gasteiger partial charge in [0.1, 0.15) is 0 Å². The average Bonchev–Trinajstić information content (AvgIpc) is 2.26. The van der Waals surface area contributed by atoms with Crippen molar-refractivity contribution >= 4 is 11.6 Å². The van der Waals surface area contributed by atoms with E-state index in [2.05, 4.69) is 28.1 Å². The lowest BCUT2D eigenvalue weighted by Gasteiger charge is -2.00. The van der Waals surface area contributed by atoms with Crippen LogP contribution in [0.5, 0.6) is 0 Å². The highest BCUT2D eigenvalue weighted by Gasteiger charge is 1.91. The Hall–Kier alpha value is 0.540. The Balaban J connectivity index is -0.000000392. The molecule has 0 saturated carbocycles. The number of unbranched alkanes of at least 4 members (excludes halogenated alkanes) is 9. The molecule has 3 heteroatoms. The van der Waals surface area contributed by atoms with Crippen LogP contribution < -0.4 is 17.3 Å². The molecule has 0 amide bonds. The fraction of sp³-hybridized carbons (Fsp3) is 1.00. The van der Waals surface area contributed by atoms with Crippen molar-refractivity contribution in [3.63, 3.8) is 0 Å². The van der Waals surface area contributed by atoms with Crippen LogP contribution in [0, 0.1) is 0 Å². The van der Waals surface area contributed by atoms with Gasteiger partial charge in [0.15, 0.2) is 0 Å². The van der Waals surface area contributed by atoms with Crippen LogP contribution in [-0.4, -0.2) is 27.0 Å². The third kappa shape index (κ3) is 36.0. The van der Waals surface area contributed by atoms with Crippen LogP contribution in [0.25, 0.3) is 0 Å². The molecule has 1 N–H and O–H groups in total. The summed E-state index contributed by atoms with van der Waals surface area (Å²) in [7, 11) is 6.25. The maximum atomic E-state index is 5.60. The Labute approximate surface area is 127 Å². The molecule has 114 valence electrons. The van der Waals surface area contributed by atoms with Crippen LogP contribution in [0.3, 0.4) is 0 Å². The zero-order valence-corrected chi connectivity index (χ0v) is 14.5. The number of quaternary nitrogens is 1. The van der Waals surface area contributed by atoms with E-state index >= 15 is 0 Å². The molecule has 0 spiro atoms. The Kier molecular flexibility index (Phi) is 29.8. The highest BCUT2D eigenvalue weighted by Crippen LogP contribution is 2.10. The smallest absolute Gasteiger partial charge is 0.0661 e. The first kappa shape index (κ1) is 23.6. The highest BCUT2D eigenvalue weighted by molar-refractivity contribution is 6.17. The maximum Gasteiger partial charge on any atom is 0.0661 e. The SMILES string of the molecule is CCCCCCCCCCCCCl.C[NH+](C)C.[Cl-]. The standard InChI is InChI=1S/C12H25Cl.C3H9N.ClH/c1-2-3-4-5-6-7-8-9-10-11-12-13;1-4(2)3;/h2-12H2,1H3;1-3H3;1H. The van der Waals surface area contributed by atoms with Gasteiger partial charge >= 0.3 is 0 Å². The van der Waals surface area contributed by atoms with Gasteiger partial charge in [0.25, 0.3) is 0 Å². The Morgan fingerprint density at radius 3 is 1.22 bits per heavy atom. The first-order chi connectivity index (χ1) is 8.15. The average molecular weight is 300 g/mol. The predicted molar refractivity (Wildman–Crippen MR) is 81.3 cm³/mol. The zero-order chi connectivity index (χ0) is 13.4. The molecule has 0 aromatic rings. The number of rotatable bonds is 10. The van der Waals surface area contributed by atoms with Crippen molar-refractivity contribution in [1.82, 2.24) is 0 Å². The van der Waals surface area contributed by atoms with Crippen LogP contribution in [-0.2, 0) is 0 Å². The first-order valence-electron chi connectivity index (χ1n) is 7.47. The van der Waals surface area contributed by atoms with E-state index in [1.165, 1.54) is 69.1 Å². The topological polar surface area (TPSA) is 4.44 Å². The fourth-order valence-corrected chi connectivity index (χ4v) is 1.77. The number of hydrogen-bond acceptors (Lipinski definition) is 0. The first-order valence-corrected chi connectivity index (χ1v) is 8.01. The lowest BCUT2D eigenvalue weighted by atomic mass is 10.1. The maximum absolute atomic E-state index is 5.60. The summed E-state index contributed by atoms with van der Waals surface area (Å²) in [5.41, 5.74) is 0. The van der Waals surface area contributed by atoms with Gasteiger partial charge in [-0.1, -0.05) is 64.7 Å². The molecule has 0 rings (SSSR count). The van der Waals surface area contributed by atoms with Crippen molar-refractivity contribution < 1.29 is 17.3 Å². The van der Waals surface area contributed by atoms with Gasteiger partial charge in [0, 0.05) is 5.88 Å². The molecule has 0 aliphatic heterocycles. The van der Waals surface area contributed by atoms with Crippen molar-refractivity contribution in [2.24, 2.45) is 0 Å². The molecule has 0 unspecified atom stereocenters. The summed E-state index contributed by atoms with van der Waals surface area (Å²) in [5, 5.41) is 0. The summed E-state index contributed by atoms with van der Waals surface area (Å²) >= 11 is 5.60. The molecule has 0 saturated heterocycles. The second-order valence-electron chi connectivity index (χ2n) is 5.37. The molecule has 0 radical (unpaired) electrons. The van der Waals surface area contributed by atoms with Gasteiger partial charge in [-0.2, -0.15) is 0 Å². The number of alkyl halides is 1. The van der Waals surface area contributed by atoms with Crippen molar-refractivity contribution in [2.75, 3.05) is 27.0 Å². The minimum absolute atomic E-state index is 0. The molecule has 0 heterocycles. The van der Waals surface area contributed by atoms with E-state index in [4.69, 9.17) is 11.6 Å². The molecule has 18 heavy (non-hydrogen) atoms. The van der Waals surface area contributed by atoms with E-state index in [0.717, 1.165) is 5.88 Å². The summed E-state index contributed by atoms with van der Waals surface area (Å²) in [6.07, 6.45) is 13.9. The normalized spacial score (nSPS) is 9.67. The summed E-state index contributed by atoms with van der Waals surface area (Å²) in [6, 6.07) is 0. The molecule has 0 atom stereocenters. The van der Waals surface area contributed by atoms with E-state index in [9.17, 15) is 0 Å². The number of halogens is 2. The van der Waals surface area contributed by atoms with Crippen LogP contribution in [0.4, 0.5) is 0 Å². The predicted octanol–water partition coefficient (Wildman–Crippen LogP) is 0.911. The quantitative estimate of drug-likeness (QED) is 0.452. The third-order valence-electron chi connectivity index (χ3n) is 2.49. The van der Waals surface area contributed by atoms with Gasteiger partial charge in [-0.3, -0.25) is 0 Å². The van der Waals surface area contributed by atoms with Crippen LogP contribution >= 0.6 is 11.6 Å². The van der Waals surface area contributed by atoms with Gasteiger partial charge in [-0.25, -0.2) is 0 Å². The van der Waals surface area contributed by atoms with Crippen LogP contribution in [0.1, 0.15) is 71.1 Å². The van der Waals surface area contributed by atoms with Gasteiger partial charge in [-0.05, 0) is 6.42 Å². The van der Waals surface area contributed by atoms with E-state index in [1.807, 2.05) is 0 Å². The Morgan fingerprint density at radius 2 is 0.944 bits per heavy atom. The van der Waals surface area contributed by atoms with Gasteiger partial charge < -0.3 is 17.3 Å². The van der Waals surface area contributed by atoms with Crippen molar-refractivity contribution in [1.29, 1.82) is 0 Å². The number of nitrogens with one attached hydrogen (secondary N) is 1. The van der Waals surface area contributed by atoms with Gasteiger partial charge in [-0.15, -0.1) is 11.6 Å². The largest absolute Gasteiger partial charge is 1.00 e. The molecule has 0 aromatic carbocycles. The molecule has 0 aliphatic carbocycles. The van der Waals surface area contributed by atoms with Crippen molar-refractivity contribution in [3.05, 3.63) is 0 Å². The van der Waals surface area contributed by atoms with Crippen LogP contribution in [0.15, 0.2) is 0 Å². The fourth-order valence-electron chi connectivity index (χ4n) is 1.58. The van der Waals surface area contributed by atoms with E-state index in [-0.39, 0.29) is 12.4 Å². The molecular formula is C15H35Cl2N. The Bertz CT molecular complexity index is 106. The summed E-state index contributed by atoms with van der Waals surface area (Å²) in [5.74, 6) is 0.844. The summed E-state index contributed by atoms with van der Waals surface area (Å²) in [4.78, 5) is 1.42. The second-order valence-corrected chi connectivity index (χ2v) is 5.75. The van der Waals surface area contributed by atoms with E-state index in [0.29, 0.717) is 0 Å². The third-order valence-corrected chi connectivity index (χ3v) is 2.75. The summed E-state index contributed by atoms with van der Waals surface area (Å²) in [6.45, 7) is 2.27. The molecule has 0 aliphatic rings. The van der Waals surface area contributed by atoms with E-state index in [1.54, 1.807) is 0 Å². The zero-order valence-electron chi connectivity index (χ0n) is 13.0. The molecule has 0 aromatic heterocycles. The lowest BCUT2D eigenvalue weighted by molar-refractivity contribution is -0.836. The second kappa shape index (κ2) is 22.7. The molecular weight excluding hydrogens is 265 g/mol. The van der Waals surface area contributed by atoms with Crippen molar-refractivity contribution in [2.45, 2.75) is 71.1 Å². The van der Waals surface area contributed by atoms with Gasteiger partial charge in [0.05, 0.1) is 21.1 Å². The minimum atomic E-state index is 0. The van der Waals surface area contributed by atoms with Gasteiger partial charge in [0.2, 0.25) is 0 Å². The Morgan fingerprint density at radius 1 is 0.667 bits per heavy atom. The van der Waals surface area contributed by atoms with Crippen LogP contribution in [0.2, 0.25) is 0 Å². The molecule has 0 fully saturated rings. The highest BCUT2D eigenvalue weighted by atomic mass is 35.5. The molecule has 1 nitrogen and oxygen atoms in total. The monoisotopic (exact) mass is 299 g/mol. The van der Waals surface area contributed by atoms with Crippen molar-refractivity contribution in [3.8, 4) is 0 Å². The lowest BCUT2D eigenvalue weighted by Crippen LogP contribution is -3.02. The van der Waals surface area contributed by atoms with E-state index < -0.39 is 0 Å². The summed E-state index contributed by atoms with van der Waals surface area (Å²) < 4.78 is 0. The number of hydrogen-bond donors (Lipinski definition) is 1.